The van der Waals surface area contributed by atoms with Crippen molar-refractivity contribution < 1.29 is 18.3 Å². The molecule has 0 aliphatic rings. The number of benzene rings is 1. The first-order chi connectivity index (χ1) is 6.72. The summed E-state index contributed by atoms with van der Waals surface area (Å²) in [6.45, 7) is -0.643. The highest BCUT2D eigenvalue weighted by atomic mass is 19.3. The van der Waals surface area contributed by atoms with Crippen LogP contribution in [0.2, 0.25) is 0 Å². The smallest absolute Gasteiger partial charge is 0.272 e. The number of alkyl halides is 2. The first kappa shape index (κ1) is 10.3. The van der Waals surface area contributed by atoms with Crippen molar-refractivity contribution in [2.75, 3.05) is 6.61 Å². The van der Waals surface area contributed by atoms with Gasteiger partial charge in [0.25, 0.3) is 6.43 Å². The monoisotopic (exact) mass is 199 g/mol. The highest BCUT2D eigenvalue weighted by molar-refractivity contribution is 5.49. The van der Waals surface area contributed by atoms with E-state index in [0.29, 0.717) is 11.4 Å². The number of hydrogen-bond acceptors (Lipinski definition) is 3. The van der Waals surface area contributed by atoms with Crippen molar-refractivity contribution >= 4 is 11.8 Å². The normalized spacial score (nSPS) is 9.64. The molecule has 0 N–H and O–H groups in total. The maximum atomic E-state index is 11.7. The lowest BCUT2D eigenvalue weighted by Gasteiger charge is -2.04. The maximum Gasteiger partial charge on any atom is 0.272 e. The van der Waals surface area contributed by atoms with Crippen LogP contribution in [0.5, 0.6) is 5.75 Å². The predicted molar refractivity (Wildman–Crippen MR) is 45.7 cm³/mol. The van der Waals surface area contributed by atoms with E-state index in [1.165, 1.54) is 30.3 Å². The Labute approximate surface area is 79.0 Å². The Morgan fingerprint density at radius 3 is 2.50 bits per heavy atom. The summed E-state index contributed by atoms with van der Waals surface area (Å²) in [5, 5.41) is 0. The molecular formula is C9H7F2NO2. The van der Waals surface area contributed by atoms with Crippen LogP contribution >= 0.6 is 0 Å². The van der Waals surface area contributed by atoms with Crippen molar-refractivity contribution in [1.82, 2.24) is 0 Å². The van der Waals surface area contributed by atoms with Gasteiger partial charge in [0.15, 0.2) is 0 Å². The zero-order valence-corrected chi connectivity index (χ0v) is 7.11. The van der Waals surface area contributed by atoms with Gasteiger partial charge in [0.2, 0.25) is 6.08 Å². The standard InChI is InChI=1S/C9H7F2NO2/c10-9(11)5-14-8-3-1-7(2-4-8)12-6-13/h1-4,9H,5H2. The Morgan fingerprint density at radius 2 is 2.00 bits per heavy atom. The highest BCUT2D eigenvalue weighted by Crippen LogP contribution is 2.17. The fourth-order valence-corrected chi connectivity index (χ4v) is 0.829. The van der Waals surface area contributed by atoms with Gasteiger partial charge in [0.1, 0.15) is 12.4 Å². The second kappa shape index (κ2) is 5.09. The summed E-state index contributed by atoms with van der Waals surface area (Å²) in [4.78, 5) is 13.2. The van der Waals surface area contributed by atoms with Crippen molar-refractivity contribution in [1.29, 1.82) is 0 Å². The molecule has 0 aliphatic heterocycles. The Kier molecular flexibility index (Phi) is 3.76. The zero-order valence-electron chi connectivity index (χ0n) is 7.11. The van der Waals surface area contributed by atoms with Crippen LogP contribution < -0.4 is 4.74 Å². The van der Waals surface area contributed by atoms with Crippen LogP contribution in [0.1, 0.15) is 0 Å². The lowest BCUT2D eigenvalue weighted by Crippen LogP contribution is -2.06. The summed E-state index contributed by atoms with van der Waals surface area (Å²) in [5.74, 6) is 0.315. The van der Waals surface area contributed by atoms with E-state index in [4.69, 9.17) is 4.74 Å². The molecule has 5 heteroatoms. The predicted octanol–water partition coefficient (Wildman–Crippen LogP) is 2.30. The van der Waals surface area contributed by atoms with E-state index in [0.717, 1.165) is 0 Å². The topological polar surface area (TPSA) is 38.7 Å². The first-order valence-corrected chi connectivity index (χ1v) is 3.81. The third-order valence-corrected chi connectivity index (χ3v) is 1.39. The molecule has 0 heterocycles. The van der Waals surface area contributed by atoms with Gasteiger partial charge >= 0.3 is 0 Å². The lowest BCUT2D eigenvalue weighted by molar-refractivity contribution is 0.0819. The van der Waals surface area contributed by atoms with Crippen molar-refractivity contribution in [3.05, 3.63) is 24.3 Å². The lowest BCUT2D eigenvalue weighted by atomic mass is 10.3. The van der Waals surface area contributed by atoms with E-state index in [1.807, 2.05) is 0 Å². The average Bonchev–Trinajstić information content (AvgIpc) is 2.17. The maximum absolute atomic E-state index is 11.7. The summed E-state index contributed by atoms with van der Waals surface area (Å²) < 4.78 is 28.2. The van der Waals surface area contributed by atoms with Gasteiger partial charge < -0.3 is 4.74 Å². The largest absolute Gasteiger partial charge is 0.488 e. The van der Waals surface area contributed by atoms with Crippen LogP contribution in [0.4, 0.5) is 14.5 Å². The SMILES string of the molecule is O=C=Nc1ccc(OCC(F)F)cc1. The van der Waals surface area contributed by atoms with Crippen molar-refractivity contribution in [3.8, 4) is 5.75 Å². The highest BCUT2D eigenvalue weighted by Gasteiger charge is 2.02. The molecule has 0 amide bonds. The summed E-state index contributed by atoms with van der Waals surface area (Å²) in [6.07, 6.45) is -1.13. The molecule has 0 saturated carbocycles. The zero-order chi connectivity index (χ0) is 10.4. The second-order valence-corrected chi connectivity index (χ2v) is 2.40. The first-order valence-electron chi connectivity index (χ1n) is 3.81. The van der Waals surface area contributed by atoms with Gasteiger partial charge in [-0.15, -0.1) is 0 Å². The Hall–Kier alpha value is -1.74. The summed E-state index contributed by atoms with van der Waals surface area (Å²) >= 11 is 0. The number of isocyanates is 1. The molecular weight excluding hydrogens is 192 g/mol. The summed E-state index contributed by atoms with van der Waals surface area (Å²) in [7, 11) is 0. The minimum absolute atomic E-state index is 0.315. The quantitative estimate of drug-likeness (QED) is 0.551. The number of hydrogen-bond donors (Lipinski definition) is 0. The van der Waals surface area contributed by atoms with Gasteiger partial charge in [-0.2, -0.15) is 4.99 Å². The Balaban J connectivity index is 2.59. The fraction of sp³-hybridized carbons (Fsp3) is 0.222. The molecule has 0 atom stereocenters. The molecule has 0 fully saturated rings. The average molecular weight is 199 g/mol. The molecule has 0 radical (unpaired) electrons. The third-order valence-electron chi connectivity index (χ3n) is 1.39. The van der Waals surface area contributed by atoms with Crippen LogP contribution in [-0.4, -0.2) is 19.1 Å². The van der Waals surface area contributed by atoms with Crippen LogP contribution in [0.25, 0.3) is 0 Å². The van der Waals surface area contributed by atoms with Crippen molar-refractivity contribution in [2.45, 2.75) is 6.43 Å². The third kappa shape index (κ3) is 3.33. The van der Waals surface area contributed by atoms with E-state index in [-0.39, 0.29) is 0 Å². The number of carbonyl (C=O) groups excluding carboxylic acids is 1. The fourth-order valence-electron chi connectivity index (χ4n) is 0.829. The molecule has 0 bridgehead atoms. The van der Waals surface area contributed by atoms with E-state index in [1.54, 1.807) is 0 Å². The minimum Gasteiger partial charge on any atom is -0.488 e. The van der Waals surface area contributed by atoms with Gasteiger partial charge in [0.05, 0.1) is 5.69 Å². The molecule has 3 nitrogen and oxygen atoms in total. The van der Waals surface area contributed by atoms with Gasteiger partial charge in [-0.1, -0.05) is 0 Å². The van der Waals surface area contributed by atoms with Crippen LogP contribution in [0.15, 0.2) is 29.3 Å². The van der Waals surface area contributed by atoms with E-state index >= 15 is 0 Å². The number of ether oxygens (including phenoxy) is 1. The molecule has 1 aromatic carbocycles. The van der Waals surface area contributed by atoms with Crippen LogP contribution in [0, 0.1) is 0 Å². The number of rotatable bonds is 4. The van der Waals surface area contributed by atoms with Gasteiger partial charge in [-0.05, 0) is 24.3 Å². The minimum atomic E-state index is -2.50. The molecule has 0 saturated heterocycles. The molecule has 0 spiro atoms. The Bertz CT molecular complexity index is 331. The molecule has 74 valence electrons. The molecule has 0 unspecified atom stereocenters. The summed E-state index contributed by atoms with van der Waals surface area (Å²) in [5.41, 5.74) is 0.407. The number of aliphatic imine (C=N–C) groups is 1. The van der Waals surface area contributed by atoms with E-state index < -0.39 is 13.0 Å². The summed E-state index contributed by atoms with van der Waals surface area (Å²) in [6, 6.07) is 5.87. The number of halogens is 2. The van der Waals surface area contributed by atoms with Crippen molar-refractivity contribution in [3.63, 3.8) is 0 Å². The van der Waals surface area contributed by atoms with E-state index in [9.17, 15) is 13.6 Å². The number of nitrogens with zero attached hydrogens (tertiary/aromatic N) is 1. The Morgan fingerprint density at radius 1 is 1.36 bits per heavy atom. The van der Waals surface area contributed by atoms with Crippen molar-refractivity contribution in [2.24, 2.45) is 4.99 Å². The van der Waals surface area contributed by atoms with Crippen LogP contribution in [0.3, 0.4) is 0 Å². The molecule has 14 heavy (non-hydrogen) atoms. The van der Waals surface area contributed by atoms with Gasteiger partial charge in [-0.25, -0.2) is 13.6 Å². The van der Waals surface area contributed by atoms with Crippen LogP contribution in [-0.2, 0) is 4.79 Å². The van der Waals surface area contributed by atoms with Gasteiger partial charge in [-0.3, -0.25) is 0 Å². The van der Waals surface area contributed by atoms with E-state index in [2.05, 4.69) is 4.99 Å². The molecule has 0 aliphatic carbocycles. The molecule has 1 rings (SSSR count). The second-order valence-electron chi connectivity index (χ2n) is 2.40. The van der Waals surface area contributed by atoms with Gasteiger partial charge in [0, 0.05) is 0 Å². The molecule has 1 aromatic rings. The molecule has 0 aromatic heterocycles.